The van der Waals surface area contributed by atoms with E-state index >= 15 is 0 Å². The van der Waals surface area contributed by atoms with Crippen LogP contribution in [0.5, 0.6) is 5.75 Å². The molecule has 1 aliphatic rings. The van der Waals surface area contributed by atoms with E-state index in [1.54, 1.807) is 0 Å². The van der Waals surface area contributed by atoms with Gasteiger partial charge < -0.3 is 20.3 Å². The van der Waals surface area contributed by atoms with Gasteiger partial charge in [0.05, 0.1) is 6.61 Å². The topological polar surface area (TPSA) is 36.5 Å². The molecule has 2 rings (SSSR count). The first kappa shape index (κ1) is 15.1. The summed E-state index contributed by atoms with van der Waals surface area (Å²) in [7, 11) is 2.16. The molecule has 110 valence electrons. The quantitative estimate of drug-likeness (QED) is 0.834. The number of thiocarbonyl (C=S) groups is 1. The van der Waals surface area contributed by atoms with Crippen LogP contribution in [0.4, 0.5) is 5.69 Å². The van der Waals surface area contributed by atoms with Gasteiger partial charge in [-0.3, -0.25) is 0 Å². The molecule has 0 amide bonds. The van der Waals surface area contributed by atoms with Crippen molar-refractivity contribution in [3.8, 4) is 5.75 Å². The molecule has 0 unspecified atom stereocenters. The maximum absolute atomic E-state index is 5.48. The number of rotatable bonds is 4. The lowest BCUT2D eigenvalue weighted by atomic mass is 10.1. The molecular weight excluding hydrogens is 270 g/mol. The van der Waals surface area contributed by atoms with Gasteiger partial charge in [-0.1, -0.05) is 6.07 Å². The van der Waals surface area contributed by atoms with Crippen LogP contribution in [0.15, 0.2) is 24.3 Å². The van der Waals surface area contributed by atoms with Gasteiger partial charge in [0.25, 0.3) is 0 Å². The van der Waals surface area contributed by atoms with E-state index in [1.807, 2.05) is 31.2 Å². The standard InChI is InChI=1S/C15H23N3OS/c1-3-19-14-6-4-5-13(11-14)17-15(20)16-12-7-9-18(2)10-8-12/h4-6,11-12H,3,7-10H2,1-2H3,(H2,16,17,20). The lowest BCUT2D eigenvalue weighted by Crippen LogP contribution is -2.44. The third kappa shape index (κ3) is 4.65. The Kier molecular flexibility index (Phi) is 5.61. The number of likely N-dealkylation sites (tertiary alicyclic amines) is 1. The maximum Gasteiger partial charge on any atom is 0.170 e. The molecule has 1 heterocycles. The lowest BCUT2D eigenvalue weighted by Gasteiger charge is -2.30. The summed E-state index contributed by atoms with van der Waals surface area (Å²) in [6.07, 6.45) is 2.27. The van der Waals surface area contributed by atoms with Crippen molar-refractivity contribution in [1.82, 2.24) is 10.2 Å². The van der Waals surface area contributed by atoms with Gasteiger partial charge in [-0.2, -0.15) is 0 Å². The van der Waals surface area contributed by atoms with Crippen molar-refractivity contribution in [3.05, 3.63) is 24.3 Å². The number of piperidine rings is 1. The van der Waals surface area contributed by atoms with E-state index in [9.17, 15) is 0 Å². The maximum atomic E-state index is 5.48. The van der Waals surface area contributed by atoms with Crippen molar-refractivity contribution < 1.29 is 4.74 Å². The zero-order chi connectivity index (χ0) is 14.4. The van der Waals surface area contributed by atoms with Gasteiger partial charge in [0.1, 0.15) is 5.75 Å². The zero-order valence-electron chi connectivity index (χ0n) is 12.2. The van der Waals surface area contributed by atoms with Crippen LogP contribution in [0.25, 0.3) is 0 Å². The highest BCUT2D eigenvalue weighted by molar-refractivity contribution is 7.80. The predicted molar refractivity (Wildman–Crippen MR) is 87.5 cm³/mol. The highest BCUT2D eigenvalue weighted by Crippen LogP contribution is 2.17. The van der Waals surface area contributed by atoms with E-state index in [4.69, 9.17) is 17.0 Å². The molecule has 1 saturated heterocycles. The molecule has 0 bridgehead atoms. The second-order valence-electron chi connectivity index (χ2n) is 5.14. The number of hydrogen-bond acceptors (Lipinski definition) is 3. The van der Waals surface area contributed by atoms with E-state index in [-0.39, 0.29) is 0 Å². The van der Waals surface area contributed by atoms with Crippen molar-refractivity contribution in [2.75, 3.05) is 32.1 Å². The number of nitrogens with zero attached hydrogens (tertiary/aromatic N) is 1. The van der Waals surface area contributed by atoms with Crippen molar-refractivity contribution in [3.63, 3.8) is 0 Å². The number of hydrogen-bond donors (Lipinski definition) is 2. The van der Waals surface area contributed by atoms with Gasteiger partial charge in [0.15, 0.2) is 5.11 Å². The second-order valence-corrected chi connectivity index (χ2v) is 5.55. The monoisotopic (exact) mass is 293 g/mol. The van der Waals surface area contributed by atoms with Crippen LogP contribution in [0.3, 0.4) is 0 Å². The summed E-state index contributed by atoms with van der Waals surface area (Å²) in [6, 6.07) is 8.34. The third-order valence-corrected chi connectivity index (χ3v) is 3.68. The van der Waals surface area contributed by atoms with Crippen LogP contribution < -0.4 is 15.4 Å². The average Bonchev–Trinajstić information content (AvgIpc) is 2.42. The molecule has 1 fully saturated rings. The summed E-state index contributed by atoms with van der Waals surface area (Å²) in [6.45, 7) is 4.90. The number of ether oxygens (including phenoxy) is 1. The SMILES string of the molecule is CCOc1cccc(NC(=S)NC2CCN(C)CC2)c1. The Morgan fingerprint density at radius 1 is 1.40 bits per heavy atom. The molecule has 0 aromatic heterocycles. The second kappa shape index (κ2) is 7.45. The lowest BCUT2D eigenvalue weighted by molar-refractivity contribution is 0.247. The van der Waals surface area contributed by atoms with E-state index in [0.29, 0.717) is 17.8 Å². The van der Waals surface area contributed by atoms with Crippen LogP contribution in [0, 0.1) is 0 Å². The fourth-order valence-electron chi connectivity index (χ4n) is 2.34. The molecule has 5 heteroatoms. The molecular formula is C15H23N3OS. The molecule has 0 aliphatic carbocycles. The van der Waals surface area contributed by atoms with Crippen molar-refractivity contribution >= 4 is 23.0 Å². The summed E-state index contributed by atoms with van der Waals surface area (Å²) >= 11 is 5.38. The van der Waals surface area contributed by atoms with E-state index in [0.717, 1.165) is 37.4 Å². The number of anilines is 1. The molecule has 20 heavy (non-hydrogen) atoms. The minimum Gasteiger partial charge on any atom is -0.494 e. The first-order chi connectivity index (χ1) is 9.67. The Morgan fingerprint density at radius 2 is 2.15 bits per heavy atom. The summed E-state index contributed by atoms with van der Waals surface area (Å²) in [4.78, 5) is 2.35. The molecule has 1 aliphatic heterocycles. The van der Waals surface area contributed by atoms with E-state index in [1.165, 1.54) is 0 Å². The predicted octanol–water partition coefficient (Wildman–Crippen LogP) is 2.47. The van der Waals surface area contributed by atoms with E-state index in [2.05, 4.69) is 22.6 Å². The molecule has 1 aromatic rings. The fraction of sp³-hybridized carbons (Fsp3) is 0.533. The van der Waals surface area contributed by atoms with Gasteiger partial charge in [-0.05, 0) is 64.3 Å². The smallest absolute Gasteiger partial charge is 0.170 e. The largest absolute Gasteiger partial charge is 0.494 e. The summed E-state index contributed by atoms with van der Waals surface area (Å²) in [5, 5.41) is 7.31. The average molecular weight is 293 g/mol. The van der Waals surface area contributed by atoms with Crippen molar-refractivity contribution in [2.45, 2.75) is 25.8 Å². The molecule has 0 spiro atoms. The van der Waals surface area contributed by atoms with Gasteiger partial charge in [0, 0.05) is 17.8 Å². The van der Waals surface area contributed by atoms with Crippen LogP contribution in [-0.2, 0) is 0 Å². The molecule has 2 N–H and O–H groups in total. The third-order valence-electron chi connectivity index (χ3n) is 3.46. The molecule has 0 radical (unpaired) electrons. The highest BCUT2D eigenvalue weighted by Gasteiger charge is 2.16. The van der Waals surface area contributed by atoms with Gasteiger partial charge in [-0.15, -0.1) is 0 Å². The van der Waals surface area contributed by atoms with Crippen LogP contribution in [-0.4, -0.2) is 42.8 Å². The Balaban J connectivity index is 1.83. The molecule has 0 atom stereocenters. The van der Waals surface area contributed by atoms with Gasteiger partial charge >= 0.3 is 0 Å². The molecule has 4 nitrogen and oxygen atoms in total. The first-order valence-electron chi connectivity index (χ1n) is 7.16. The summed E-state index contributed by atoms with van der Waals surface area (Å²) in [5.41, 5.74) is 0.960. The minimum atomic E-state index is 0.473. The number of benzene rings is 1. The zero-order valence-corrected chi connectivity index (χ0v) is 13.0. The van der Waals surface area contributed by atoms with Gasteiger partial charge in [0.2, 0.25) is 0 Å². The van der Waals surface area contributed by atoms with Crippen molar-refractivity contribution in [1.29, 1.82) is 0 Å². The van der Waals surface area contributed by atoms with Crippen molar-refractivity contribution in [2.24, 2.45) is 0 Å². The van der Waals surface area contributed by atoms with Crippen LogP contribution in [0.2, 0.25) is 0 Å². The Hall–Kier alpha value is -1.33. The highest BCUT2D eigenvalue weighted by atomic mass is 32.1. The van der Waals surface area contributed by atoms with Gasteiger partial charge in [-0.25, -0.2) is 0 Å². The summed E-state index contributed by atoms with van der Waals surface area (Å²) < 4.78 is 5.48. The Morgan fingerprint density at radius 3 is 2.85 bits per heavy atom. The fourth-order valence-corrected chi connectivity index (χ4v) is 2.62. The Bertz CT molecular complexity index is 444. The molecule has 0 saturated carbocycles. The van der Waals surface area contributed by atoms with E-state index < -0.39 is 0 Å². The number of nitrogens with one attached hydrogen (secondary N) is 2. The minimum absolute atomic E-state index is 0.473. The normalized spacial score (nSPS) is 16.7. The van der Waals surface area contributed by atoms with Crippen LogP contribution in [0.1, 0.15) is 19.8 Å². The Labute approximate surface area is 126 Å². The molecule has 1 aromatic carbocycles. The van der Waals surface area contributed by atoms with Crippen LogP contribution >= 0.6 is 12.2 Å². The first-order valence-corrected chi connectivity index (χ1v) is 7.57. The summed E-state index contributed by atoms with van der Waals surface area (Å²) in [5.74, 6) is 0.861.